The van der Waals surface area contributed by atoms with Crippen LogP contribution in [0.5, 0.6) is 0 Å². The molecule has 41 heavy (non-hydrogen) atoms. The normalized spacial score (nSPS) is 15.1. The van der Waals surface area contributed by atoms with Gasteiger partial charge in [-0.2, -0.15) is 5.26 Å². The van der Waals surface area contributed by atoms with Gasteiger partial charge < -0.3 is 10.6 Å². The summed E-state index contributed by atoms with van der Waals surface area (Å²) in [7, 11) is 0. The molecule has 9 heteroatoms. The molecule has 1 saturated carbocycles. The fraction of sp³-hybridized carbons (Fsp3) is 0.281. The molecule has 0 saturated heterocycles. The third-order valence-electron chi connectivity index (χ3n) is 6.97. The van der Waals surface area contributed by atoms with E-state index in [1.807, 2.05) is 24.3 Å². The molecule has 0 spiro atoms. The predicted molar refractivity (Wildman–Crippen MR) is 158 cm³/mol. The Morgan fingerprint density at radius 1 is 1.15 bits per heavy atom. The van der Waals surface area contributed by atoms with Gasteiger partial charge in [0.15, 0.2) is 0 Å². The van der Waals surface area contributed by atoms with Crippen LogP contribution in [0.2, 0.25) is 0 Å². The number of nitriles is 1. The molecule has 1 atom stereocenters. The molecule has 3 heterocycles. The minimum absolute atomic E-state index is 0.0432. The van der Waals surface area contributed by atoms with Crippen LogP contribution in [0.3, 0.4) is 0 Å². The molecule has 0 bridgehead atoms. The van der Waals surface area contributed by atoms with Gasteiger partial charge in [0.1, 0.15) is 17.6 Å². The van der Waals surface area contributed by atoms with E-state index in [9.17, 15) is 11.0 Å². The first-order valence-corrected chi connectivity index (χ1v) is 13.6. The van der Waals surface area contributed by atoms with E-state index in [0.29, 0.717) is 40.3 Å². The van der Waals surface area contributed by atoms with Crippen molar-refractivity contribution in [3.63, 3.8) is 0 Å². The molecule has 6 rings (SSSR count). The quantitative estimate of drug-likeness (QED) is 0.218. The zero-order chi connectivity index (χ0) is 29.5. The van der Waals surface area contributed by atoms with Gasteiger partial charge in [0.05, 0.1) is 36.4 Å². The summed E-state index contributed by atoms with van der Waals surface area (Å²) < 4.78 is 25.5. The Morgan fingerprint density at radius 3 is 2.59 bits per heavy atom. The average molecular weight is 548 g/mol. The van der Waals surface area contributed by atoms with E-state index in [4.69, 9.17) is 4.98 Å². The van der Waals surface area contributed by atoms with Crippen molar-refractivity contribution in [3.8, 4) is 17.2 Å². The first-order valence-electron chi connectivity index (χ1n) is 14.1. The van der Waals surface area contributed by atoms with Crippen LogP contribution in [0.1, 0.15) is 63.9 Å². The van der Waals surface area contributed by atoms with E-state index in [0.717, 1.165) is 29.4 Å². The Kier molecular flexibility index (Phi) is 6.51. The van der Waals surface area contributed by atoms with E-state index in [-0.39, 0.29) is 11.5 Å². The van der Waals surface area contributed by atoms with Gasteiger partial charge >= 0.3 is 0 Å². The first-order chi connectivity index (χ1) is 20.1. The highest BCUT2D eigenvalue weighted by molar-refractivity contribution is 6.04. The van der Waals surface area contributed by atoms with Crippen LogP contribution in [0.15, 0.2) is 73.3 Å². The van der Waals surface area contributed by atoms with Crippen LogP contribution < -0.4 is 10.6 Å². The molecule has 0 unspecified atom stereocenters. The van der Waals surface area contributed by atoms with Crippen LogP contribution in [-0.4, -0.2) is 31.5 Å². The van der Waals surface area contributed by atoms with Crippen LogP contribution in [0.4, 0.5) is 15.8 Å². The molecule has 0 amide bonds. The highest BCUT2D eigenvalue weighted by Crippen LogP contribution is 2.39. The van der Waals surface area contributed by atoms with Gasteiger partial charge in [0.25, 0.3) is 0 Å². The minimum Gasteiger partial charge on any atom is -0.383 e. The lowest BCUT2D eigenvalue weighted by Gasteiger charge is -2.23. The molecule has 1 aliphatic carbocycles. The molecule has 1 fully saturated rings. The summed E-state index contributed by atoms with van der Waals surface area (Å²) in [6.07, 6.45) is 8.86. The molecule has 5 aromatic rings. The molecular formula is C32H31FN8. The summed E-state index contributed by atoms with van der Waals surface area (Å²) in [4.78, 5) is 8.87. The van der Waals surface area contributed by atoms with E-state index in [1.165, 1.54) is 12.1 Å². The van der Waals surface area contributed by atoms with Crippen molar-refractivity contribution >= 4 is 22.3 Å². The molecule has 3 aromatic heterocycles. The zero-order valence-corrected chi connectivity index (χ0v) is 23.2. The third-order valence-corrected chi connectivity index (χ3v) is 6.97. The van der Waals surface area contributed by atoms with Crippen molar-refractivity contribution in [3.05, 3.63) is 96.0 Å². The van der Waals surface area contributed by atoms with Crippen LogP contribution >= 0.6 is 0 Å². The summed E-state index contributed by atoms with van der Waals surface area (Å²) in [5.41, 5.74) is 4.95. The Bertz CT molecular complexity index is 1790. The Morgan fingerprint density at radius 2 is 1.90 bits per heavy atom. The van der Waals surface area contributed by atoms with Crippen LogP contribution in [-0.2, 0) is 0 Å². The maximum Gasteiger partial charge on any atom is 0.123 e. The molecule has 0 radical (unpaired) electrons. The number of rotatable bonds is 8. The number of pyridine rings is 2. The van der Waals surface area contributed by atoms with Gasteiger partial charge in [-0.05, 0) is 65.8 Å². The number of hydrogen-bond acceptors (Lipinski definition) is 7. The lowest BCUT2D eigenvalue weighted by atomic mass is 9.95. The van der Waals surface area contributed by atoms with E-state index in [1.54, 1.807) is 41.6 Å². The van der Waals surface area contributed by atoms with E-state index in [2.05, 4.69) is 52.8 Å². The second kappa shape index (κ2) is 10.6. The van der Waals surface area contributed by atoms with Crippen molar-refractivity contribution in [1.82, 2.24) is 25.0 Å². The smallest absolute Gasteiger partial charge is 0.123 e. The number of benzene rings is 2. The zero-order valence-electron chi connectivity index (χ0n) is 24.2. The van der Waals surface area contributed by atoms with E-state index >= 15 is 0 Å². The predicted octanol–water partition coefficient (Wildman–Crippen LogP) is 6.89. The topological polar surface area (TPSA) is 104 Å². The number of fused-ring (bicyclic) bond motifs is 1. The highest BCUT2D eigenvalue weighted by Gasteiger charge is 2.27. The molecule has 8 nitrogen and oxygen atoms in total. The standard InChI is InChI=1S/C32H31FN8/c1-32(2,3)19-37-29-22(16-34)17-36-31-26(20-10-12-35-13-11-20)14-24(15-27(29)31)38-30(21-4-6-23(33)7-5-21)28-18-41(40-39-28)25-8-9-25/h4-7,10-15,17-18,25,30,38H,8-9,19H2,1-3H3,(H,36,37)/t30-/m1/s1/i30D. The molecule has 1 aliphatic rings. The summed E-state index contributed by atoms with van der Waals surface area (Å²) in [6, 6.07) is 14.5. The van der Waals surface area contributed by atoms with Crippen molar-refractivity contribution in [1.29, 1.82) is 5.26 Å². The number of halogens is 1. The SMILES string of the molecule is [2H][C@@](Nc1cc(-c2ccncc2)c2ncc(C#N)c(NCC(C)(C)C)c2c1)(c1ccc(F)cc1)c1cn(C2CC2)nn1. The molecule has 0 aliphatic heterocycles. The van der Waals surface area contributed by atoms with E-state index < -0.39 is 11.8 Å². The third kappa shape index (κ3) is 5.73. The summed E-state index contributed by atoms with van der Waals surface area (Å²) in [5, 5.41) is 26.3. The summed E-state index contributed by atoms with van der Waals surface area (Å²) >= 11 is 0. The van der Waals surface area contributed by atoms with Crippen molar-refractivity contribution in [2.45, 2.75) is 45.7 Å². The van der Waals surface area contributed by atoms with Crippen LogP contribution in [0.25, 0.3) is 22.0 Å². The fourth-order valence-corrected chi connectivity index (χ4v) is 4.71. The molecule has 2 aromatic carbocycles. The lowest BCUT2D eigenvalue weighted by molar-refractivity contribution is 0.443. The second-order valence-corrected chi connectivity index (χ2v) is 11.6. The van der Waals surface area contributed by atoms with Gasteiger partial charge in [-0.3, -0.25) is 9.97 Å². The number of aromatic nitrogens is 5. The first kappa shape index (κ1) is 25.1. The summed E-state index contributed by atoms with van der Waals surface area (Å²) in [5.74, 6) is -0.391. The minimum atomic E-state index is -1.59. The van der Waals surface area contributed by atoms with Gasteiger partial charge in [-0.15, -0.1) is 5.10 Å². The molecular weight excluding hydrogens is 515 g/mol. The number of nitrogens with zero attached hydrogens (tertiary/aromatic N) is 6. The van der Waals surface area contributed by atoms with Gasteiger partial charge in [-0.25, -0.2) is 9.07 Å². The molecule has 2 N–H and O–H groups in total. The summed E-state index contributed by atoms with van der Waals surface area (Å²) in [6.45, 7) is 7.00. The Balaban J connectivity index is 1.55. The molecule has 206 valence electrons. The van der Waals surface area contributed by atoms with Gasteiger partial charge in [-0.1, -0.05) is 38.1 Å². The van der Waals surface area contributed by atoms with Gasteiger partial charge in [0, 0.05) is 41.8 Å². The largest absolute Gasteiger partial charge is 0.383 e. The Hall–Kier alpha value is -4.84. The maximum absolute atomic E-state index is 14.0. The fourth-order valence-electron chi connectivity index (χ4n) is 4.71. The van der Waals surface area contributed by atoms with Gasteiger partial charge in [0.2, 0.25) is 0 Å². The lowest BCUT2D eigenvalue weighted by Crippen LogP contribution is -2.20. The number of hydrogen-bond donors (Lipinski definition) is 2. The van der Waals surface area contributed by atoms with Crippen molar-refractivity contribution in [2.75, 3.05) is 17.2 Å². The van der Waals surface area contributed by atoms with Crippen molar-refractivity contribution < 1.29 is 5.76 Å². The number of anilines is 2. The number of nitrogens with one attached hydrogen (secondary N) is 2. The maximum atomic E-state index is 14.0. The van der Waals surface area contributed by atoms with Crippen molar-refractivity contribution in [2.24, 2.45) is 5.41 Å². The van der Waals surface area contributed by atoms with Crippen LogP contribution in [0, 0.1) is 22.6 Å². The average Bonchev–Trinajstić information content (AvgIpc) is 3.71. The highest BCUT2D eigenvalue weighted by atomic mass is 19.1. The second-order valence-electron chi connectivity index (χ2n) is 11.6. The Labute approximate surface area is 239 Å². The monoisotopic (exact) mass is 547 g/mol.